The molecule has 0 radical (unpaired) electrons. The second-order valence-electron chi connectivity index (χ2n) is 21.7. The van der Waals surface area contributed by atoms with Crippen molar-refractivity contribution in [2.45, 2.75) is 327 Å². The van der Waals surface area contributed by atoms with Crippen molar-refractivity contribution in [3.05, 3.63) is 48.6 Å². The molecule has 1 aliphatic rings. The van der Waals surface area contributed by atoms with Crippen LogP contribution in [0.15, 0.2) is 48.6 Å². The van der Waals surface area contributed by atoms with Crippen LogP contribution >= 0.6 is 0 Å². The van der Waals surface area contributed by atoms with Gasteiger partial charge in [0, 0.05) is 19.3 Å². The van der Waals surface area contributed by atoms with Gasteiger partial charge in [-0.3, -0.25) is 14.4 Å². The van der Waals surface area contributed by atoms with Crippen molar-refractivity contribution in [1.29, 1.82) is 0 Å². The summed E-state index contributed by atoms with van der Waals surface area (Å²) in [4.78, 5) is 51.2. The molecule has 0 aromatic carbocycles. The van der Waals surface area contributed by atoms with Gasteiger partial charge >= 0.3 is 23.9 Å². The summed E-state index contributed by atoms with van der Waals surface area (Å²) in [6, 6.07) is 0. The molecule has 1 heterocycles. The summed E-state index contributed by atoms with van der Waals surface area (Å²) < 4.78 is 28.5. The summed E-state index contributed by atoms with van der Waals surface area (Å²) in [6.45, 7) is 5.89. The molecule has 6 unspecified atom stereocenters. The van der Waals surface area contributed by atoms with Gasteiger partial charge in [-0.15, -0.1) is 0 Å². The number of hydrogen-bond acceptors (Lipinski definition) is 11. The fourth-order valence-electron chi connectivity index (χ4n) is 9.56. The van der Waals surface area contributed by atoms with Gasteiger partial charge in [0.05, 0.1) is 6.61 Å². The number of ether oxygens (including phenoxy) is 5. The number of carboxylic acid groups (broad SMARTS) is 1. The Bertz CT molecular complexity index is 1520. The zero-order valence-corrected chi connectivity index (χ0v) is 49.2. The molecule has 1 rings (SSSR count). The third-order valence-electron chi connectivity index (χ3n) is 14.4. The van der Waals surface area contributed by atoms with Crippen LogP contribution in [0.1, 0.15) is 290 Å². The molecule has 12 nitrogen and oxygen atoms in total. The van der Waals surface area contributed by atoms with E-state index in [4.69, 9.17) is 23.7 Å². The van der Waals surface area contributed by atoms with Crippen molar-refractivity contribution in [3.8, 4) is 0 Å². The lowest BCUT2D eigenvalue weighted by molar-refractivity contribution is -0.301. The van der Waals surface area contributed by atoms with E-state index in [-0.39, 0.29) is 25.9 Å². The SMILES string of the molecule is CC/C=C\C/C=C\C/C=C\CCCCCC(=O)OC1C(OCC(COC(=O)CCCCCCCCCCCCCCCCCCCCC)OC(=O)CCCCCCC/C=C\CCCCCCCC)OC(C(=O)O)C(O)C1O. The van der Waals surface area contributed by atoms with E-state index in [1.54, 1.807) is 0 Å². The van der Waals surface area contributed by atoms with Gasteiger partial charge in [0.2, 0.25) is 0 Å². The quantitative estimate of drug-likeness (QED) is 0.0228. The molecule has 0 amide bonds. The average Bonchev–Trinajstić information content (AvgIpc) is 3.42. The van der Waals surface area contributed by atoms with E-state index in [1.807, 2.05) is 0 Å². The van der Waals surface area contributed by atoms with E-state index in [2.05, 4.69) is 69.4 Å². The number of carboxylic acids is 1. The molecule has 1 saturated heterocycles. The second kappa shape index (κ2) is 53.3. The highest BCUT2D eigenvalue weighted by atomic mass is 16.7. The van der Waals surface area contributed by atoms with Gasteiger partial charge in [-0.25, -0.2) is 4.79 Å². The van der Waals surface area contributed by atoms with E-state index < -0.39 is 67.3 Å². The maximum atomic E-state index is 13.2. The minimum absolute atomic E-state index is 0.0260. The van der Waals surface area contributed by atoms with Gasteiger partial charge in [-0.1, -0.05) is 243 Å². The number of rotatable bonds is 54. The first kappa shape index (κ1) is 71.7. The number of aliphatic hydroxyl groups excluding tert-OH is 2. The Labute approximate surface area is 469 Å². The van der Waals surface area contributed by atoms with Crippen LogP contribution in [0.4, 0.5) is 0 Å². The first-order valence-electron chi connectivity index (χ1n) is 31.6. The lowest BCUT2D eigenvalue weighted by atomic mass is 9.98. The molecule has 12 heteroatoms. The number of aliphatic carboxylic acids is 1. The molecule has 0 bridgehead atoms. The Kier molecular flexibility index (Phi) is 49.7. The summed E-state index contributed by atoms with van der Waals surface area (Å²) in [5, 5.41) is 31.5. The predicted molar refractivity (Wildman–Crippen MR) is 312 cm³/mol. The van der Waals surface area contributed by atoms with Gasteiger partial charge in [0.1, 0.15) is 18.8 Å². The highest BCUT2D eigenvalue weighted by Gasteiger charge is 2.50. The second-order valence-corrected chi connectivity index (χ2v) is 21.7. The summed E-state index contributed by atoms with van der Waals surface area (Å²) in [5.74, 6) is -3.15. The van der Waals surface area contributed by atoms with Gasteiger partial charge < -0.3 is 39.0 Å². The highest BCUT2D eigenvalue weighted by Crippen LogP contribution is 2.27. The fourth-order valence-corrected chi connectivity index (χ4v) is 9.56. The minimum Gasteiger partial charge on any atom is -0.479 e. The maximum Gasteiger partial charge on any atom is 0.335 e. The lowest BCUT2D eigenvalue weighted by Crippen LogP contribution is -2.61. The molecule has 0 aromatic rings. The van der Waals surface area contributed by atoms with Gasteiger partial charge in [0.25, 0.3) is 0 Å². The summed E-state index contributed by atoms with van der Waals surface area (Å²) >= 11 is 0. The van der Waals surface area contributed by atoms with E-state index in [1.165, 1.54) is 135 Å². The first-order valence-corrected chi connectivity index (χ1v) is 31.6. The number of unbranched alkanes of at least 4 members (excludes halogenated alkanes) is 32. The molecule has 0 aromatic heterocycles. The van der Waals surface area contributed by atoms with Crippen molar-refractivity contribution in [2.75, 3.05) is 13.2 Å². The smallest absolute Gasteiger partial charge is 0.335 e. The number of carbonyl (C=O) groups is 4. The molecule has 3 N–H and O–H groups in total. The molecular formula is C65H114O12. The highest BCUT2D eigenvalue weighted by molar-refractivity contribution is 5.74. The van der Waals surface area contributed by atoms with Crippen LogP contribution in [0.5, 0.6) is 0 Å². The topological polar surface area (TPSA) is 175 Å². The molecule has 0 spiro atoms. The summed E-state index contributed by atoms with van der Waals surface area (Å²) in [5.41, 5.74) is 0. The predicted octanol–water partition coefficient (Wildman–Crippen LogP) is 16.6. The van der Waals surface area contributed by atoms with Crippen LogP contribution in [0.2, 0.25) is 0 Å². The molecule has 1 aliphatic heterocycles. The largest absolute Gasteiger partial charge is 0.479 e. The number of carbonyl (C=O) groups excluding carboxylic acids is 3. The molecule has 1 fully saturated rings. The molecule has 6 atom stereocenters. The maximum absolute atomic E-state index is 13.2. The van der Waals surface area contributed by atoms with Crippen molar-refractivity contribution in [2.24, 2.45) is 0 Å². The van der Waals surface area contributed by atoms with Crippen molar-refractivity contribution in [1.82, 2.24) is 0 Å². The van der Waals surface area contributed by atoms with Crippen LogP contribution in [0.3, 0.4) is 0 Å². The van der Waals surface area contributed by atoms with Gasteiger partial charge in [-0.2, -0.15) is 0 Å². The third-order valence-corrected chi connectivity index (χ3v) is 14.4. The van der Waals surface area contributed by atoms with E-state index in [0.29, 0.717) is 19.3 Å². The van der Waals surface area contributed by atoms with E-state index >= 15 is 0 Å². The molecule has 77 heavy (non-hydrogen) atoms. The summed E-state index contributed by atoms with van der Waals surface area (Å²) in [7, 11) is 0. The number of esters is 3. The van der Waals surface area contributed by atoms with Crippen LogP contribution in [0.25, 0.3) is 0 Å². The standard InChI is InChI=1S/C65H114O12/c1-4-7-10-13-16-19-22-25-27-28-29-30-32-34-36-39-42-45-48-51-57(66)73-54-56(75-58(67)52-49-46-43-40-38-35-31-26-23-20-17-14-11-8-5-2)55-74-65-63(61(70)60(69)62(77-65)64(71)72)76-59(68)53-50-47-44-41-37-33-24-21-18-15-12-9-6-3/h9,12,18,21,26,31,33,37,56,60-63,65,69-70H,4-8,10-11,13-17,19-20,22-25,27-30,32,34-36,38-55H2,1-3H3,(H,71,72)/b12-9-,21-18-,31-26-,37-33-. The Morgan fingerprint density at radius 3 is 1.27 bits per heavy atom. The Balaban J connectivity index is 2.66. The zero-order chi connectivity index (χ0) is 56.1. The van der Waals surface area contributed by atoms with Crippen molar-refractivity contribution in [3.63, 3.8) is 0 Å². The Hall–Kier alpha value is -3.32. The van der Waals surface area contributed by atoms with Crippen molar-refractivity contribution < 1.29 is 58.2 Å². The monoisotopic (exact) mass is 1090 g/mol. The average molecular weight is 1090 g/mol. The van der Waals surface area contributed by atoms with Crippen LogP contribution in [0, 0.1) is 0 Å². The van der Waals surface area contributed by atoms with Gasteiger partial charge in [0.15, 0.2) is 24.6 Å². The summed E-state index contributed by atoms with van der Waals surface area (Å²) in [6.07, 6.45) is 52.3. The first-order chi connectivity index (χ1) is 37.6. The number of allylic oxidation sites excluding steroid dienone is 8. The fraction of sp³-hybridized carbons (Fsp3) is 0.815. The molecule has 0 saturated carbocycles. The molecule has 0 aliphatic carbocycles. The number of aliphatic hydroxyl groups is 2. The normalized spacial score (nSPS) is 18.3. The zero-order valence-electron chi connectivity index (χ0n) is 49.2. The minimum atomic E-state index is -1.91. The van der Waals surface area contributed by atoms with Crippen molar-refractivity contribution >= 4 is 23.9 Å². The van der Waals surface area contributed by atoms with Crippen LogP contribution < -0.4 is 0 Å². The molecule has 446 valence electrons. The third kappa shape index (κ3) is 43.2. The van der Waals surface area contributed by atoms with E-state index in [9.17, 15) is 34.5 Å². The molecular weight excluding hydrogens is 973 g/mol. The van der Waals surface area contributed by atoms with E-state index in [0.717, 1.165) is 96.3 Å². The van der Waals surface area contributed by atoms with Crippen LogP contribution in [-0.2, 0) is 42.9 Å². The number of hydrogen-bond donors (Lipinski definition) is 3. The Morgan fingerprint density at radius 2 is 0.818 bits per heavy atom. The van der Waals surface area contributed by atoms with Gasteiger partial charge in [-0.05, 0) is 77.0 Å². The van der Waals surface area contributed by atoms with Crippen LogP contribution in [-0.4, -0.2) is 89.2 Å². The Morgan fingerprint density at radius 1 is 0.442 bits per heavy atom. The lowest BCUT2D eigenvalue weighted by Gasteiger charge is -2.40.